The number of fused-ring (bicyclic) bond motifs is 1. The van der Waals surface area contributed by atoms with Crippen LogP contribution in [-0.2, 0) is 32.9 Å². The average Bonchev–Trinajstić information content (AvgIpc) is 2.86. The number of methoxy groups -OCH3 is 1. The number of carbonyl (C=O) groups excluding carboxylic acids is 2. The summed E-state index contributed by atoms with van der Waals surface area (Å²) in [4.78, 5) is 39.5. The molecule has 0 spiro atoms. The predicted molar refractivity (Wildman–Crippen MR) is 134 cm³/mol. The van der Waals surface area contributed by atoms with Crippen molar-refractivity contribution in [1.29, 1.82) is 0 Å². The number of ether oxygens (including phenoxy) is 1. The number of pyridine rings is 1. The minimum atomic E-state index is -3.29. The fourth-order valence-corrected chi connectivity index (χ4v) is 5.28. The molecule has 0 radical (unpaired) electrons. The lowest BCUT2D eigenvalue weighted by Crippen LogP contribution is -2.39. The number of ketones is 1. The molecule has 1 aromatic carbocycles. The van der Waals surface area contributed by atoms with Crippen molar-refractivity contribution in [1.82, 2.24) is 15.0 Å². The molecule has 1 aliphatic carbocycles. The number of Topliss-reactive ketones (excluding diaryl/α,β-unsaturated/α-hetero) is 1. The van der Waals surface area contributed by atoms with Crippen molar-refractivity contribution in [2.75, 3.05) is 18.2 Å². The lowest BCUT2D eigenvalue weighted by Gasteiger charge is -2.33. The molecule has 36 heavy (non-hydrogen) atoms. The number of sulfone groups is 1. The van der Waals surface area contributed by atoms with Gasteiger partial charge in [0.15, 0.2) is 15.6 Å². The molecule has 1 amide bonds. The number of anilines is 1. The number of aromatic nitrogens is 3. The molecule has 1 atom stereocenters. The highest BCUT2D eigenvalue weighted by Gasteiger charge is 2.43. The first-order valence-electron chi connectivity index (χ1n) is 11.6. The maximum atomic E-state index is 13.6. The first-order valence-corrected chi connectivity index (χ1v) is 13.3. The Morgan fingerprint density at radius 3 is 2.56 bits per heavy atom. The van der Waals surface area contributed by atoms with E-state index in [0.717, 1.165) is 5.56 Å². The molecule has 1 N–H and O–H groups in total. The van der Waals surface area contributed by atoms with Crippen LogP contribution in [0.3, 0.4) is 0 Å². The summed E-state index contributed by atoms with van der Waals surface area (Å²) in [5.74, 6) is 0.0366. The number of rotatable bonds is 7. The van der Waals surface area contributed by atoms with E-state index in [9.17, 15) is 18.0 Å². The number of hydrogen-bond acceptors (Lipinski definition) is 8. The van der Waals surface area contributed by atoms with E-state index >= 15 is 0 Å². The van der Waals surface area contributed by atoms with Gasteiger partial charge in [-0.1, -0.05) is 19.1 Å². The topological polar surface area (TPSA) is 128 Å². The molecule has 0 fully saturated rings. The highest BCUT2D eigenvalue weighted by molar-refractivity contribution is 7.91. The van der Waals surface area contributed by atoms with Crippen LogP contribution in [-0.4, -0.2) is 47.9 Å². The lowest BCUT2D eigenvalue weighted by atomic mass is 9.70. The third kappa shape index (κ3) is 4.86. The molecule has 1 aliphatic rings. The van der Waals surface area contributed by atoms with E-state index in [1.54, 1.807) is 37.4 Å². The summed E-state index contributed by atoms with van der Waals surface area (Å²) >= 11 is 0. The first-order chi connectivity index (χ1) is 17.1. The highest BCUT2D eigenvalue weighted by Crippen LogP contribution is 2.39. The van der Waals surface area contributed by atoms with Gasteiger partial charge in [0.1, 0.15) is 5.82 Å². The van der Waals surface area contributed by atoms with Crippen LogP contribution in [0.5, 0.6) is 6.01 Å². The van der Waals surface area contributed by atoms with E-state index in [-0.39, 0.29) is 34.8 Å². The van der Waals surface area contributed by atoms with Gasteiger partial charge in [-0.3, -0.25) is 9.59 Å². The smallest absolute Gasteiger partial charge is 0.316 e. The number of benzene rings is 1. The SMILES string of the molecule is CCS(=O)(=O)c1ccc(CC(=O)Nc2cc(C)c3c(n2)CCC(C)(c2ccnc(OC)n2)C3=O)cc1. The molecule has 0 saturated heterocycles. The highest BCUT2D eigenvalue weighted by atomic mass is 32.2. The zero-order chi connectivity index (χ0) is 26.1. The fourth-order valence-electron chi connectivity index (χ4n) is 4.40. The summed E-state index contributed by atoms with van der Waals surface area (Å²) in [5, 5.41) is 2.80. The minimum absolute atomic E-state index is 0.0189. The molecule has 1 unspecified atom stereocenters. The van der Waals surface area contributed by atoms with Gasteiger partial charge < -0.3 is 10.1 Å². The van der Waals surface area contributed by atoms with Crippen molar-refractivity contribution in [3.05, 3.63) is 70.7 Å². The first kappa shape index (κ1) is 25.4. The minimum Gasteiger partial charge on any atom is -0.467 e. The fraction of sp³-hybridized carbons (Fsp3) is 0.346. The summed E-state index contributed by atoms with van der Waals surface area (Å²) in [6.07, 6.45) is 2.70. The van der Waals surface area contributed by atoms with Gasteiger partial charge in [-0.2, -0.15) is 4.98 Å². The van der Waals surface area contributed by atoms with E-state index < -0.39 is 15.3 Å². The van der Waals surface area contributed by atoms with Crippen LogP contribution in [0.25, 0.3) is 0 Å². The van der Waals surface area contributed by atoms with Gasteiger partial charge in [-0.05, 0) is 62.1 Å². The van der Waals surface area contributed by atoms with Gasteiger partial charge in [0.05, 0.1) is 41.0 Å². The van der Waals surface area contributed by atoms with Crippen molar-refractivity contribution >= 4 is 27.3 Å². The standard InChI is InChI=1S/C26H28N4O5S/c1-5-36(33,34)18-8-6-17(7-9-18)15-22(31)30-21-14-16(2)23-19(28-21)10-12-26(3,24(23)32)20-11-13-27-25(29-20)35-4/h6-9,11,13-14H,5,10,12,15H2,1-4H3,(H,28,30,31). The van der Waals surface area contributed by atoms with Gasteiger partial charge >= 0.3 is 6.01 Å². The van der Waals surface area contributed by atoms with E-state index in [1.165, 1.54) is 19.2 Å². The Bertz CT molecular complexity index is 1440. The quantitative estimate of drug-likeness (QED) is 0.515. The number of nitrogens with zero attached hydrogens (tertiary/aromatic N) is 3. The number of nitrogens with one attached hydrogen (secondary N) is 1. The van der Waals surface area contributed by atoms with Crippen molar-refractivity contribution in [2.24, 2.45) is 0 Å². The molecule has 10 heteroatoms. The second kappa shape index (κ2) is 9.77. The Labute approximate surface area is 210 Å². The molecular formula is C26H28N4O5S. The maximum Gasteiger partial charge on any atom is 0.316 e. The van der Waals surface area contributed by atoms with Crippen LogP contribution in [0.1, 0.15) is 53.1 Å². The summed E-state index contributed by atoms with van der Waals surface area (Å²) in [6, 6.07) is 9.92. The van der Waals surface area contributed by atoms with Crippen molar-refractivity contribution in [3.63, 3.8) is 0 Å². The van der Waals surface area contributed by atoms with Gasteiger partial charge in [-0.15, -0.1) is 0 Å². The van der Waals surface area contributed by atoms with Gasteiger partial charge in [0, 0.05) is 11.8 Å². The van der Waals surface area contributed by atoms with Crippen LogP contribution in [0.4, 0.5) is 5.82 Å². The van der Waals surface area contributed by atoms with E-state index in [1.807, 2.05) is 13.8 Å². The van der Waals surface area contributed by atoms with E-state index in [4.69, 9.17) is 4.74 Å². The Morgan fingerprint density at radius 2 is 1.89 bits per heavy atom. The van der Waals surface area contributed by atoms with Crippen LogP contribution in [0.15, 0.2) is 47.5 Å². The van der Waals surface area contributed by atoms with Crippen LogP contribution >= 0.6 is 0 Å². The number of hydrogen-bond donors (Lipinski definition) is 1. The summed E-state index contributed by atoms with van der Waals surface area (Å²) in [7, 11) is -1.81. The largest absolute Gasteiger partial charge is 0.467 e. The molecule has 0 aliphatic heterocycles. The second-order valence-corrected chi connectivity index (χ2v) is 11.3. The number of carbonyl (C=O) groups is 2. The Morgan fingerprint density at radius 1 is 1.17 bits per heavy atom. The zero-order valence-electron chi connectivity index (χ0n) is 20.7. The van der Waals surface area contributed by atoms with Gasteiger partial charge in [-0.25, -0.2) is 18.4 Å². The molecule has 188 valence electrons. The summed E-state index contributed by atoms with van der Waals surface area (Å²) in [6.45, 7) is 5.28. The average molecular weight is 509 g/mol. The second-order valence-electron chi connectivity index (χ2n) is 9.01. The summed E-state index contributed by atoms with van der Waals surface area (Å²) < 4.78 is 29.1. The third-order valence-electron chi connectivity index (χ3n) is 6.56. The van der Waals surface area contributed by atoms with Gasteiger partial charge in [0.2, 0.25) is 5.91 Å². The molecule has 2 heterocycles. The molecular weight excluding hydrogens is 480 g/mol. The molecule has 4 rings (SSSR count). The predicted octanol–water partition coefficient (Wildman–Crippen LogP) is 3.25. The third-order valence-corrected chi connectivity index (χ3v) is 8.31. The molecule has 3 aromatic rings. The maximum absolute atomic E-state index is 13.6. The Balaban J connectivity index is 1.52. The van der Waals surface area contributed by atoms with E-state index in [2.05, 4.69) is 20.3 Å². The molecule has 0 saturated carbocycles. The number of amides is 1. The van der Waals surface area contributed by atoms with Crippen molar-refractivity contribution in [2.45, 2.75) is 50.3 Å². The number of aryl methyl sites for hydroxylation is 2. The normalized spacial score (nSPS) is 17.4. The van der Waals surface area contributed by atoms with Crippen molar-refractivity contribution < 1.29 is 22.7 Å². The van der Waals surface area contributed by atoms with Crippen LogP contribution in [0.2, 0.25) is 0 Å². The van der Waals surface area contributed by atoms with Crippen LogP contribution in [0, 0.1) is 6.92 Å². The molecule has 2 aromatic heterocycles. The van der Waals surface area contributed by atoms with Gasteiger partial charge in [0.25, 0.3) is 0 Å². The monoisotopic (exact) mass is 508 g/mol. The lowest BCUT2D eigenvalue weighted by molar-refractivity contribution is -0.115. The van der Waals surface area contributed by atoms with E-state index in [0.29, 0.717) is 41.2 Å². The zero-order valence-corrected chi connectivity index (χ0v) is 21.5. The summed E-state index contributed by atoms with van der Waals surface area (Å²) in [5.41, 5.74) is 2.36. The Hall–Kier alpha value is -3.66. The van der Waals surface area contributed by atoms with Crippen molar-refractivity contribution in [3.8, 4) is 6.01 Å². The van der Waals surface area contributed by atoms with Crippen LogP contribution < -0.4 is 10.1 Å². The Kier molecular flexibility index (Phi) is 6.90. The molecule has 0 bridgehead atoms. The molecule has 9 nitrogen and oxygen atoms in total.